The molecule has 0 saturated carbocycles. The van der Waals surface area contributed by atoms with E-state index in [0.29, 0.717) is 18.0 Å². The summed E-state index contributed by atoms with van der Waals surface area (Å²) in [5, 5.41) is 2.62. The third kappa shape index (κ3) is 3.07. The van der Waals surface area contributed by atoms with E-state index in [-0.39, 0.29) is 5.56 Å². The predicted molar refractivity (Wildman–Crippen MR) is 69.8 cm³/mol. The summed E-state index contributed by atoms with van der Waals surface area (Å²) in [6.07, 6.45) is 2.37. The number of anilines is 1. The van der Waals surface area contributed by atoms with Crippen LogP contribution in [0.25, 0.3) is 0 Å². The third-order valence-corrected chi connectivity index (χ3v) is 2.45. The van der Waals surface area contributed by atoms with Crippen molar-refractivity contribution in [3.05, 3.63) is 54.1 Å². The second-order valence-corrected chi connectivity index (χ2v) is 3.74. The maximum absolute atomic E-state index is 13.4. The van der Waals surface area contributed by atoms with Crippen LogP contribution in [-0.4, -0.2) is 17.5 Å². The summed E-state index contributed by atoms with van der Waals surface area (Å²) in [7, 11) is 0. The zero-order valence-electron chi connectivity index (χ0n) is 10.4. The fourth-order valence-electron chi connectivity index (χ4n) is 1.60. The van der Waals surface area contributed by atoms with E-state index >= 15 is 0 Å². The van der Waals surface area contributed by atoms with Gasteiger partial charge in [0.15, 0.2) is 5.82 Å². The van der Waals surface area contributed by atoms with Crippen molar-refractivity contribution >= 4 is 11.6 Å². The summed E-state index contributed by atoms with van der Waals surface area (Å²) in [5.74, 6) is -0.645. The first kappa shape index (κ1) is 13.0. The van der Waals surface area contributed by atoms with Gasteiger partial charge in [0.1, 0.15) is 5.75 Å². The Morgan fingerprint density at radius 3 is 2.89 bits per heavy atom. The quantitative estimate of drug-likeness (QED) is 0.919. The Balaban J connectivity index is 2.22. The molecule has 0 aliphatic carbocycles. The van der Waals surface area contributed by atoms with E-state index in [1.165, 1.54) is 12.3 Å². The van der Waals surface area contributed by atoms with Crippen LogP contribution in [0.5, 0.6) is 5.75 Å². The average molecular weight is 260 g/mol. The zero-order chi connectivity index (χ0) is 13.7. The van der Waals surface area contributed by atoms with Gasteiger partial charge in [0, 0.05) is 6.20 Å². The first-order chi connectivity index (χ1) is 9.22. The second kappa shape index (κ2) is 5.95. The molecule has 0 aliphatic heterocycles. The van der Waals surface area contributed by atoms with E-state index in [2.05, 4.69) is 10.3 Å². The second-order valence-electron chi connectivity index (χ2n) is 3.74. The van der Waals surface area contributed by atoms with Gasteiger partial charge in [-0.15, -0.1) is 0 Å². The van der Waals surface area contributed by atoms with Crippen LogP contribution in [-0.2, 0) is 0 Å². The van der Waals surface area contributed by atoms with Crippen molar-refractivity contribution in [1.29, 1.82) is 0 Å². The molecule has 2 aromatic rings. The zero-order valence-corrected chi connectivity index (χ0v) is 10.4. The number of ether oxygens (including phenoxy) is 1. The van der Waals surface area contributed by atoms with Gasteiger partial charge in [-0.3, -0.25) is 9.78 Å². The van der Waals surface area contributed by atoms with Gasteiger partial charge in [0.25, 0.3) is 5.91 Å². The molecular weight excluding hydrogens is 247 g/mol. The van der Waals surface area contributed by atoms with Crippen LogP contribution in [0, 0.1) is 5.82 Å². The fourth-order valence-corrected chi connectivity index (χ4v) is 1.60. The molecule has 0 atom stereocenters. The summed E-state index contributed by atoms with van der Waals surface area (Å²) >= 11 is 0. The van der Waals surface area contributed by atoms with Crippen molar-refractivity contribution in [2.24, 2.45) is 0 Å². The minimum Gasteiger partial charge on any atom is -0.492 e. The number of carbonyl (C=O) groups is 1. The highest BCUT2D eigenvalue weighted by atomic mass is 19.1. The number of benzene rings is 1. The molecule has 1 N–H and O–H groups in total. The molecule has 0 spiro atoms. The lowest BCUT2D eigenvalue weighted by Gasteiger charge is -2.11. The number of halogens is 1. The Kier molecular flexibility index (Phi) is 4.07. The summed E-state index contributed by atoms with van der Waals surface area (Å²) in [4.78, 5) is 15.6. The first-order valence-electron chi connectivity index (χ1n) is 5.85. The van der Waals surface area contributed by atoms with E-state index in [9.17, 15) is 9.18 Å². The minimum absolute atomic E-state index is 0.0544. The number of para-hydroxylation sites is 2. The first-order valence-corrected chi connectivity index (χ1v) is 5.85. The molecule has 5 heteroatoms. The van der Waals surface area contributed by atoms with E-state index < -0.39 is 11.7 Å². The summed E-state index contributed by atoms with van der Waals surface area (Å²) in [6.45, 7) is 2.33. The summed E-state index contributed by atoms with van der Waals surface area (Å²) in [5.41, 5.74) is 0.451. The minimum atomic E-state index is -0.658. The van der Waals surface area contributed by atoms with Crippen molar-refractivity contribution < 1.29 is 13.9 Å². The molecule has 0 saturated heterocycles. The Hall–Kier alpha value is -2.43. The lowest BCUT2D eigenvalue weighted by atomic mass is 10.2. The Morgan fingerprint density at radius 2 is 2.16 bits per heavy atom. The van der Waals surface area contributed by atoms with Gasteiger partial charge in [0.2, 0.25) is 0 Å². The maximum Gasteiger partial charge on any atom is 0.258 e. The number of hydrogen-bond acceptors (Lipinski definition) is 3. The number of carbonyl (C=O) groups excluding carboxylic acids is 1. The fraction of sp³-hybridized carbons (Fsp3) is 0.143. The van der Waals surface area contributed by atoms with E-state index in [1.807, 2.05) is 6.92 Å². The SMILES string of the molecule is CCOc1ccccc1NC(=O)c1ccncc1F. The lowest BCUT2D eigenvalue weighted by molar-refractivity contribution is 0.102. The van der Waals surface area contributed by atoms with Crippen molar-refractivity contribution in [3.8, 4) is 5.75 Å². The molecule has 19 heavy (non-hydrogen) atoms. The van der Waals surface area contributed by atoms with E-state index in [1.54, 1.807) is 24.3 Å². The number of nitrogens with one attached hydrogen (secondary N) is 1. The largest absolute Gasteiger partial charge is 0.492 e. The molecule has 1 heterocycles. The molecule has 0 radical (unpaired) electrons. The van der Waals surface area contributed by atoms with Gasteiger partial charge in [0.05, 0.1) is 24.1 Å². The van der Waals surface area contributed by atoms with Crippen LogP contribution in [0.1, 0.15) is 17.3 Å². The van der Waals surface area contributed by atoms with Crippen molar-refractivity contribution in [1.82, 2.24) is 4.98 Å². The molecule has 1 aromatic heterocycles. The number of pyridine rings is 1. The monoisotopic (exact) mass is 260 g/mol. The van der Waals surface area contributed by atoms with Crippen LogP contribution >= 0.6 is 0 Å². The van der Waals surface area contributed by atoms with Crippen LogP contribution in [0.15, 0.2) is 42.7 Å². The Labute approximate surface area is 110 Å². The van der Waals surface area contributed by atoms with Crippen LogP contribution in [0.4, 0.5) is 10.1 Å². The summed E-state index contributed by atoms with van der Waals surface area (Å²) < 4.78 is 18.8. The Morgan fingerprint density at radius 1 is 1.37 bits per heavy atom. The standard InChI is InChI=1S/C14H13FN2O2/c1-2-19-13-6-4-3-5-12(13)17-14(18)10-7-8-16-9-11(10)15/h3-9H,2H2,1H3,(H,17,18). The van der Waals surface area contributed by atoms with Crippen LogP contribution < -0.4 is 10.1 Å². The number of hydrogen-bond donors (Lipinski definition) is 1. The predicted octanol–water partition coefficient (Wildman–Crippen LogP) is 2.87. The highest BCUT2D eigenvalue weighted by molar-refractivity contribution is 6.05. The molecule has 2 rings (SSSR count). The van der Waals surface area contributed by atoms with Gasteiger partial charge < -0.3 is 10.1 Å². The third-order valence-electron chi connectivity index (χ3n) is 2.45. The van der Waals surface area contributed by atoms with Crippen molar-refractivity contribution in [3.63, 3.8) is 0 Å². The summed E-state index contributed by atoms with van der Waals surface area (Å²) in [6, 6.07) is 8.33. The molecule has 0 unspecified atom stereocenters. The van der Waals surface area contributed by atoms with Crippen molar-refractivity contribution in [2.75, 3.05) is 11.9 Å². The topological polar surface area (TPSA) is 51.2 Å². The highest BCUT2D eigenvalue weighted by Gasteiger charge is 2.13. The van der Waals surface area contributed by atoms with Gasteiger partial charge >= 0.3 is 0 Å². The van der Waals surface area contributed by atoms with Gasteiger partial charge in [-0.05, 0) is 25.1 Å². The molecule has 0 bridgehead atoms. The Bertz CT molecular complexity index is 587. The van der Waals surface area contributed by atoms with Gasteiger partial charge in [-0.25, -0.2) is 4.39 Å². The van der Waals surface area contributed by atoms with Crippen molar-refractivity contribution in [2.45, 2.75) is 6.92 Å². The number of amides is 1. The maximum atomic E-state index is 13.4. The molecule has 1 amide bonds. The van der Waals surface area contributed by atoms with Gasteiger partial charge in [-0.1, -0.05) is 12.1 Å². The van der Waals surface area contributed by atoms with Gasteiger partial charge in [-0.2, -0.15) is 0 Å². The smallest absolute Gasteiger partial charge is 0.258 e. The normalized spacial score (nSPS) is 10.0. The van der Waals surface area contributed by atoms with Crippen LogP contribution in [0.2, 0.25) is 0 Å². The molecule has 0 aliphatic rings. The number of nitrogens with zero attached hydrogens (tertiary/aromatic N) is 1. The average Bonchev–Trinajstić information content (AvgIpc) is 2.41. The molecular formula is C14H13FN2O2. The lowest BCUT2D eigenvalue weighted by Crippen LogP contribution is -2.14. The highest BCUT2D eigenvalue weighted by Crippen LogP contribution is 2.24. The van der Waals surface area contributed by atoms with Crippen LogP contribution in [0.3, 0.4) is 0 Å². The van der Waals surface area contributed by atoms with E-state index in [4.69, 9.17) is 4.74 Å². The molecule has 98 valence electrons. The molecule has 0 fully saturated rings. The van der Waals surface area contributed by atoms with E-state index in [0.717, 1.165) is 6.20 Å². The number of rotatable bonds is 4. The molecule has 4 nitrogen and oxygen atoms in total. The molecule has 1 aromatic carbocycles. The number of aromatic nitrogens is 1.